The number of hydrogen-bond donors (Lipinski definition) is 0. The van der Waals surface area contributed by atoms with E-state index in [-0.39, 0.29) is 4.91 Å². The van der Waals surface area contributed by atoms with Gasteiger partial charge in [-0.25, -0.2) is 8.78 Å². The summed E-state index contributed by atoms with van der Waals surface area (Å²) in [5.41, 5.74) is 3.18. The molecule has 0 bridgehead atoms. The Morgan fingerprint density at radius 1 is 1.29 bits per heavy atom. The summed E-state index contributed by atoms with van der Waals surface area (Å²) in [6, 6.07) is 7.96. The largest absolute Gasteiger partial charge is 0.275 e. The van der Waals surface area contributed by atoms with Gasteiger partial charge >= 0.3 is 0 Å². The van der Waals surface area contributed by atoms with Gasteiger partial charge in [0.2, 0.25) is 0 Å². The van der Waals surface area contributed by atoms with E-state index < -0.39 is 5.92 Å². The molecule has 1 aromatic rings. The summed E-state index contributed by atoms with van der Waals surface area (Å²) in [5, 5.41) is 1.71. The van der Waals surface area contributed by atoms with Gasteiger partial charge in [0.05, 0.1) is 4.91 Å². The summed E-state index contributed by atoms with van der Waals surface area (Å²) in [4.78, 5) is -0.135. The van der Waals surface area contributed by atoms with Crippen LogP contribution in [0, 0.1) is 6.92 Å². The molecule has 0 aliphatic rings. The average Bonchev–Trinajstić information content (AvgIpc) is 2.25. The van der Waals surface area contributed by atoms with E-state index in [0.29, 0.717) is 0 Å². The molecule has 0 nitrogen and oxygen atoms in total. The maximum Gasteiger partial charge on any atom is 0.275 e. The number of rotatable bonds is 4. The number of benzene rings is 1. The third-order valence-electron chi connectivity index (χ3n) is 2.37. The van der Waals surface area contributed by atoms with Crippen LogP contribution in [0.1, 0.15) is 25.0 Å². The predicted octanol–water partition coefficient (Wildman–Crippen LogP) is 5.26. The second kappa shape index (κ2) is 5.50. The van der Waals surface area contributed by atoms with Crippen molar-refractivity contribution in [2.75, 3.05) is 0 Å². The Hall–Kier alpha value is -1.09. The van der Waals surface area contributed by atoms with Crippen LogP contribution < -0.4 is 0 Å². The van der Waals surface area contributed by atoms with Crippen molar-refractivity contribution in [2.24, 2.45) is 0 Å². The fraction of sp³-hybridized carbons (Fsp3) is 0.286. The second-order valence-electron chi connectivity index (χ2n) is 4.10. The fourth-order valence-corrected chi connectivity index (χ4v) is 1.81. The first-order valence-electron chi connectivity index (χ1n) is 5.28. The van der Waals surface area contributed by atoms with Gasteiger partial charge in [0.15, 0.2) is 0 Å². The lowest BCUT2D eigenvalue weighted by atomic mass is 10.1. The molecule has 17 heavy (non-hydrogen) atoms. The number of allylic oxidation sites excluding steroid dienone is 2. The van der Waals surface area contributed by atoms with E-state index in [0.717, 1.165) is 29.8 Å². The van der Waals surface area contributed by atoms with E-state index in [9.17, 15) is 8.78 Å². The van der Waals surface area contributed by atoms with Crippen molar-refractivity contribution in [3.63, 3.8) is 0 Å². The highest BCUT2D eigenvalue weighted by atomic mass is 32.2. The maximum atomic E-state index is 12.9. The van der Waals surface area contributed by atoms with Crippen molar-refractivity contribution in [2.45, 2.75) is 26.7 Å². The first-order valence-corrected chi connectivity index (χ1v) is 6.16. The Kier molecular flexibility index (Phi) is 4.52. The lowest BCUT2D eigenvalue weighted by Crippen LogP contribution is -2.09. The molecule has 0 radical (unpaired) electrons. The third-order valence-corrected chi connectivity index (χ3v) is 3.49. The highest BCUT2D eigenvalue weighted by Gasteiger charge is 2.25. The first-order chi connectivity index (χ1) is 7.80. The first kappa shape index (κ1) is 14.0. The van der Waals surface area contributed by atoms with Gasteiger partial charge in [-0.1, -0.05) is 48.2 Å². The summed E-state index contributed by atoms with van der Waals surface area (Å²) in [6.45, 7) is 8.15. The van der Waals surface area contributed by atoms with Crippen LogP contribution in [0.4, 0.5) is 8.78 Å². The monoisotopic (exact) mass is 254 g/mol. The van der Waals surface area contributed by atoms with Gasteiger partial charge in [0.1, 0.15) is 0 Å². The Morgan fingerprint density at radius 3 is 2.29 bits per heavy atom. The Morgan fingerprint density at radius 2 is 1.82 bits per heavy atom. The van der Waals surface area contributed by atoms with Gasteiger partial charge in [-0.3, -0.25) is 0 Å². The molecular formula is C14H16F2S. The molecule has 0 amide bonds. The minimum absolute atomic E-state index is 0.135. The summed E-state index contributed by atoms with van der Waals surface area (Å²) in [7, 11) is 0. The van der Waals surface area contributed by atoms with Gasteiger partial charge in [-0.15, -0.1) is 0 Å². The lowest BCUT2D eigenvalue weighted by Gasteiger charge is -2.11. The van der Waals surface area contributed by atoms with Crippen molar-refractivity contribution in [3.8, 4) is 0 Å². The number of alkyl halides is 2. The van der Waals surface area contributed by atoms with Crippen molar-refractivity contribution in [1.29, 1.82) is 0 Å². The van der Waals surface area contributed by atoms with Crippen LogP contribution in [0.5, 0.6) is 0 Å². The van der Waals surface area contributed by atoms with E-state index in [1.165, 1.54) is 5.56 Å². The highest BCUT2D eigenvalue weighted by molar-refractivity contribution is 8.06. The molecule has 3 heteroatoms. The highest BCUT2D eigenvalue weighted by Crippen LogP contribution is 2.33. The standard InChI is InChI=1S/C14H16F2S/c1-10-5-7-13(8-6-10)11(2)9-17-12(3)14(4,15)16/h5-9H,3H2,1-2,4H3/b11-9+. The summed E-state index contributed by atoms with van der Waals surface area (Å²) < 4.78 is 25.7. The molecule has 1 aromatic carbocycles. The summed E-state index contributed by atoms with van der Waals surface area (Å²) in [6.07, 6.45) is 0. The molecule has 0 fully saturated rings. The van der Waals surface area contributed by atoms with E-state index in [4.69, 9.17) is 0 Å². The normalized spacial score (nSPS) is 12.6. The van der Waals surface area contributed by atoms with Crippen molar-refractivity contribution < 1.29 is 8.78 Å². The Bertz CT molecular complexity index is 425. The van der Waals surface area contributed by atoms with Crippen LogP contribution in [0.3, 0.4) is 0 Å². The average molecular weight is 254 g/mol. The van der Waals surface area contributed by atoms with Gasteiger partial charge in [0.25, 0.3) is 5.92 Å². The minimum atomic E-state index is -2.84. The molecule has 0 aliphatic carbocycles. The third kappa shape index (κ3) is 4.35. The van der Waals surface area contributed by atoms with Crippen molar-refractivity contribution in [3.05, 3.63) is 52.3 Å². The summed E-state index contributed by atoms with van der Waals surface area (Å²) in [5.74, 6) is -2.84. The molecule has 0 aliphatic heterocycles. The predicted molar refractivity (Wildman–Crippen MR) is 72.2 cm³/mol. The van der Waals surface area contributed by atoms with Crippen molar-refractivity contribution >= 4 is 17.3 Å². The fourth-order valence-electron chi connectivity index (χ4n) is 1.15. The van der Waals surface area contributed by atoms with Crippen molar-refractivity contribution in [1.82, 2.24) is 0 Å². The van der Waals surface area contributed by atoms with E-state index >= 15 is 0 Å². The van der Waals surface area contributed by atoms with Crippen LogP contribution in [0.25, 0.3) is 5.57 Å². The molecule has 0 saturated heterocycles. The number of thioether (sulfide) groups is 1. The minimum Gasteiger partial charge on any atom is -0.201 e. The van der Waals surface area contributed by atoms with E-state index in [2.05, 4.69) is 6.58 Å². The molecule has 92 valence electrons. The number of hydrogen-bond acceptors (Lipinski definition) is 1. The number of halogens is 2. The van der Waals surface area contributed by atoms with Gasteiger partial charge in [-0.05, 0) is 30.4 Å². The van der Waals surface area contributed by atoms with Crippen LogP contribution in [-0.2, 0) is 0 Å². The second-order valence-corrected chi connectivity index (χ2v) is 5.06. The molecule has 0 spiro atoms. The molecule has 0 atom stereocenters. The number of aryl methyl sites for hydroxylation is 1. The SMILES string of the molecule is C=C(S/C=C(\C)c1ccc(C)cc1)C(C)(F)F. The zero-order valence-electron chi connectivity index (χ0n) is 10.3. The molecule has 1 rings (SSSR count). The lowest BCUT2D eigenvalue weighted by molar-refractivity contribution is 0.0736. The summed E-state index contributed by atoms with van der Waals surface area (Å²) >= 11 is 0.984. The van der Waals surface area contributed by atoms with Gasteiger partial charge < -0.3 is 0 Å². The van der Waals surface area contributed by atoms with E-state index in [1.54, 1.807) is 5.41 Å². The molecule has 0 aromatic heterocycles. The van der Waals surface area contributed by atoms with Crippen LogP contribution in [0.2, 0.25) is 0 Å². The van der Waals surface area contributed by atoms with Gasteiger partial charge in [-0.2, -0.15) is 0 Å². The van der Waals surface area contributed by atoms with Gasteiger partial charge in [0, 0.05) is 6.92 Å². The quantitative estimate of drug-likeness (QED) is 0.706. The topological polar surface area (TPSA) is 0 Å². The zero-order valence-corrected chi connectivity index (χ0v) is 11.1. The zero-order chi connectivity index (χ0) is 13.1. The van der Waals surface area contributed by atoms with Crippen LogP contribution >= 0.6 is 11.8 Å². The smallest absolute Gasteiger partial charge is 0.201 e. The Labute approximate surface area is 105 Å². The molecule has 0 N–H and O–H groups in total. The van der Waals surface area contributed by atoms with Crippen LogP contribution in [-0.4, -0.2) is 5.92 Å². The Balaban J connectivity index is 2.74. The molecule has 0 unspecified atom stereocenters. The van der Waals surface area contributed by atoms with E-state index in [1.807, 2.05) is 38.1 Å². The molecule has 0 heterocycles. The molecule has 0 saturated carbocycles. The van der Waals surface area contributed by atoms with Crippen LogP contribution in [0.15, 0.2) is 41.2 Å². The maximum absolute atomic E-state index is 12.9. The molecular weight excluding hydrogens is 238 g/mol.